The van der Waals surface area contributed by atoms with Crippen molar-refractivity contribution in [2.75, 3.05) is 31.6 Å². The lowest BCUT2D eigenvalue weighted by molar-refractivity contribution is 0.0758. The van der Waals surface area contributed by atoms with Crippen molar-refractivity contribution >= 4 is 22.6 Å². The van der Waals surface area contributed by atoms with Gasteiger partial charge < -0.3 is 9.80 Å². The molecule has 8 heteroatoms. The van der Waals surface area contributed by atoms with Crippen molar-refractivity contribution in [1.82, 2.24) is 24.0 Å². The molecule has 3 rings (SSSR count). The molecule has 0 aromatic carbocycles. The molecule has 0 unspecified atom stereocenters. The van der Waals surface area contributed by atoms with Crippen molar-refractivity contribution in [2.24, 2.45) is 13.0 Å². The maximum Gasteiger partial charge on any atom is 0.274 e. The van der Waals surface area contributed by atoms with E-state index < -0.39 is 0 Å². The minimum absolute atomic E-state index is 0.00169. The minimum Gasteiger partial charge on any atom is -0.347 e. The van der Waals surface area contributed by atoms with E-state index in [0.29, 0.717) is 17.5 Å². The summed E-state index contributed by atoms with van der Waals surface area (Å²) in [6.07, 6.45) is 2.13. The summed E-state index contributed by atoms with van der Waals surface area (Å²) in [5.74, 6) is 1.82. The summed E-state index contributed by atoms with van der Waals surface area (Å²) < 4.78 is 6.19. The van der Waals surface area contributed by atoms with Gasteiger partial charge in [0.25, 0.3) is 5.91 Å². The topological polar surface area (TPSA) is 67.2 Å². The maximum absolute atomic E-state index is 12.6. The molecule has 1 saturated heterocycles. The fourth-order valence-electron chi connectivity index (χ4n) is 3.23. The second-order valence-corrected chi connectivity index (χ2v) is 8.23. The lowest BCUT2D eigenvalue weighted by Crippen LogP contribution is -2.39. The third kappa shape index (κ3) is 4.06. The number of nitrogens with zero attached hydrogens (tertiary/aromatic N) is 6. The van der Waals surface area contributed by atoms with Crippen LogP contribution in [0.5, 0.6) is 0 Å². The summed E-state index contributed by atoms with van der Waals surface area (Å²) >= 11 is 1.50. The van der Waals surface area contributed by atoms with E-state index in [4.69, 9.17) is 0 Å². The first-order valence-corrected chi connectivity index (χ1v) is 9.97. The number of hydrogen-bond donors (Lipinski definition) is 0. The van der Waals surface area contributed by atoms with Gasteiger partial charge in [-0.05, 0) is 31.7 Å². The van der Waals surface area contributed by atoms with Gasteiger partial charge in [0.1, 0.15) is 5.82 Å². The van der Waals surface area contributed by atoms with Crippen LogP contribution in [0.25, 0.3) is 0 Å². The Morgan fingerprint density at radius 3 is 2.62 bits per heavy atom. The quantitative estimate of drug-likeness (QED) is 0.803. The highest BCUT2D eigenvalue weighted by Crippen LogP contribution is 2.27. The van der Waals surface area contributed by atoms with Gasteiger partial charge in [-0.25, -0.2) is 4.98 Å². The Balaban J connectivity index is 1.52. The Morgan fingerprint density at radius 1 is 1.38 bits per heavy atom. The van der Waals surface area contributed by atoms with Gasteiger partial charge in [0.05, 0.1) is 0 Å². The SMILES string of the molecule is Cc1cc(C(=O)N(C)CC2CCN(c3nc(C(C)C)ns3)CC2)nn1C. The number of amides is 1. The van der Waals surface area contributed by atoms with Crippen LogP contribution in [0.4, 0.5) is 5.13 Å². The zero-order chi connectivity index (χ0) is 18.8. The van der Waals surface area contributed by atoms with Crippen LogP contribution in [0.2, 0.25) is 0 Å². The molecule has 1 amide bonds. The molecule has 7 nitrogen and oxygen atoms in total. The first-order chi connectivity index (χ1) is 12.3. The van der Waals surface area contributed by atoms with E-state index in [-0.39, 0.29) is 5.91 Å². The molecule has 1 aliphatic heterocycles. The molecule has 0 spiro atoms. The van der Waals surface area contributed by atoms with Gasteiger partial charge in [0, 0.05) is 56.9 Å². The van der Waals surface area contributed by atoms with E-state index in [1.807, 2.05) is 32.0 Å². The van der Waals surface area contributed by atoms with Crippen LogP contribution in [-0.4, -0.2) is 56.6 Å². The first kappa shape index (κ1) is 18.8. The van der Waals surface area contributed by atoms with Crippen LogP contribution in [0.15, 0.2) is 6.07 Å². The Morgan fingerprint density at radius 2 is 2.08 bits per heavy atom. The maximum atomic E-state index is 12.6. The van der Waals surface area contributed by atoms with E-state index in [1.54, 1.807) is 4.68 Å². The minimum atomic E-state index is 0.00169. The molecule has 0 saturated carbocycles. The van der Waals surface area contributed by atoms with Crippen LogP contribution in [-0.2, 0) is 7.05 Å². The van der Waals surface area contributed by atoms with Gasteiger partial charge in [-0.2, -0.15) is 9.47 Å². The molecule has 0 N–H and O–H groups in total. The molecule has 3 heterocycles. The highest BCUT2D eigenvalue weighted by Gasteiger charge is 2.25. The Labute approximate surface area is 159 Å². The second-order valence-electron chi connectivity index (χ2n) is 7.50. The predicted molar refractivity (Wildman–Crippen MR) is 104 cm³/mol. The molecule has 2 aromatic rings. The normalized spacial score (nSPS) is 15.7. The lowest BCUT2D eigenvalue weighted by atomic mass is 9.96. The molecule has 0 atom stereocenters. The second kappa shape index (κ2) is 7.73. The number of anilines is 1. The Kier molecular flexibility index (Phi) is 5.60. The standard InChI is InChI=1S/C18H28N6OS/c1-12(2)16-19-18(26-21-16)24-8-6-14(7-9-24)11-22(4)17(25)15-10-13(3)23(5)20-15/h10,12,14H,6-9,11H2,1-5H3. The van der Waals surface area contributed by atoms with Crippen molar-refractivity contribution in [3.8, 4) is 0 Å². The highest BCUT2D eigenvalue weighted by molar-refractivity contribution is 7.09. The number of aromatic nitrogens is 4. The molecule has 142 valence electrons. The zero-order valence-corrected chi connectivity index (χ0v) is 17.1. The molecule has 1 fully saturated rings. The number of aryl methyl sites for hydroxylation is 2. The van der Waals surface area contributed by atoms with Crippen molar-refractivity contribution < 1.29 is 4.79 Å². The molecule has 0 bridgehead atoms. The summed E-state index contributed by atoms with van der Waals surface area (Å²) in [6.45, 7) is 8.92. The van der Waals surface area contributed by atoms with Gasteiger partial charge in [0.2, 0.25) is 5.13 Å². The fourth-order valence-corrected chi connectivity index (χ4v) is 4.09. The van der Waals surface area contributed by atoms with Crippen molar-refractivity contribution in [1.29, 1.82) is 0 Å². The summed E-state index contributed by atoms with van der Waals surface area (Å²) in [7, 11) is 3.73. The molecule has 26 heavy (non-hydrogen) atoms. The van der Waals surface area contributed by atoms with Crippen molar-refractivity contribution in [3.05, 3.63) is 23.3 Å². The smallest absolute Gasteiger partial charge is 0.274 e. The van der Waals surface area contributed by atoms with Crippen LogP contribution in [0.1, 0.15) is 54.6 Å². The van der Waals surface area contributed by atoms with E-state index in [0.717, 1.165) is 49.1 Å². The third-order valence-electron chi connectivity index (χ3n) is 5.04. The van der Waals surface area contributed by atoms with Gasteiger partial charge in [0.15, 0.2) is 5.69 Å². The third-order valence-corrected chi connectivity index (χ3v) is 5.84. The molecule has 2 aromatic heterocycles. The van der Waals surface area contributed by atoms with Crippen LogP contribution in [0, 0.1) is 12.8 Å². The molecular formula is C18H28N6OS. The Hall–Kier alpha value is -1.96. The average molecular weight is 377 g/mol. The fraction of sp³-hybridized carbons (Fsp3) is 0.667. The number of rotatable bonds is 5. The zero-order valence-electron chi connectivity index (χ0n) is 16.3. The number of piperidine rings is 1. The Bertz CT molecular complexity index is 740. The number of hydrogen-bond acceptors (Lipinski definition) is 6. The van der Waals surface area contributed by atoms with E-state index in [2.05, 4.69) is 33.2 Å². The van der Waals surface area contributed by atoms with E-state index in [9.17, 15) is 4.79 Å². The van der Waals surface area contributed by atoms with Gasteiger partial charge in [-0.15, -0.1) is 0 Å². The first-order valence-electron chi connectivity index (χ1n) is 9.19. The number of carbonyl (C=O) groups excluding carboxylic acids is 1. The van der Waals surface area contributed by atoms with Gasteiger partial charge in [-0.3, -0.25) is 9.48 Å². The van der Waals surface area contributed by atoms with Crippen LogP contribution >= 0.6 is 11.5 Å². The molecule has 1 aliphatic rings. The van der Waals surface area contributed by atoms with Crippen LogP contribution < -0.4 is 4.90 Å². The highest BCUT2D eigenvalue weighted by atomic mass is 32.1. The summed E-state index contributed by atoms with van der Waals surface area (Å²) in [5.41, 5.74) is 1.52. The van der Waals surface area contributed by atoms with E-state index in [1.165, 1.54) is 11.5 Å². The van der Waals surface area contributed by atoms with E-state index >= 15 is 0 Å². The molecule has 0 radical (unpaired) electrons. The summed E-state index contributed by atoms with van der Waals surface area (Å²) in [6, 6.07) is 1.85. The lowest BCUT2D eigenvalue weighted by Gasteiger charge is -2.33. The van der Waals surface area contributed by atoms with Crippen LogP contribution in [0.3, 0.4) is 0 Å². The predicted octanol–water partition coefficient (Wildman–Crippen LogP) is 2.69. The largest absolute Gasteiger partial charge is 0.347 e. The monoisotopic (exact) mass is 376 g/mol. The van der Waals surface area contributed by atoms with Crippen molar-refractivity contribution in [2.45, 2.75) is 39.5 Å². The molecular weight excluding hydrogens is 348 g/mol. The number of carbonyl (C=O) groups is 1. The van der Waals surface area contributed by atoms with Gasteiger partial charge in [-0.1, -0.05) is 13.8 Å². The summed E-state index contributed by atoms with van der Waals surface area (Å²) in [5, 5.41) is 5.32. The van der Waals surface area contributed by atoms with Gasteiger partial charge >= 0.3 is 0 Å². The molecule has 0 aliphatic carbocycles. The van der Waals surface area contributed by atoms with Crippen molar-refractivity contribution in [3.63, 3.8) is 0 Å². The average Bonchev–Trinajstić information content (AvgIpc) is 3.22. The summed E-state index contributed by atoms with van der Waals surface area (Å²) in [4.78, 5) is 21.3.